The number of hydrogen-bond donors (Lipinski definition) is 1. The molecule has 1 N–H and O–H groups in total. The predicted molar refractivity (Wildman–Crippen MR) is 77.8 cm³/mol. The maximum absolute atomic E-state index is 8.93. The van der Waals surface area contributed by atoms with Crippen LogP contribution in [-0.2, 0) is 0 Å². The molecular formula is C14H19BrN2O. The lowest BCUT2D eigenvalue weighted by molar-refractivity contribution is 0.415. The average molecular weight is 311 g/mol. The third-order valence-electron chi connectivity index (χ3n) is 2.76. The van der Waals surface area contributed by atoms with Gasteiger partial charge in [-0.25, -0.2) is 0 Å². The van der Waals surface area contributed by atoms with Crippen LogP contribution in [0.4, 0.5) is 5.69 Å². The van der Waals surface area contributed by atoms with Gasteiger partial charge in [0.05, 0.1) is 24.3 Å². The number of rotatable bonds is 6. The zero-order valence-corrected chi connectivity index (χ0v) is 12.7. The third-order valence-corrected chi connectivity index (χ3v) is 3.25. The van der Waals surface area contributed by atoms with E-state index in [4.69, 9.17) is 10.00 Å². The number of hydrogen-bond acceptors (Lipinski definition) is 3. The van der Waals surface area contributed by atoms with Crippen molar-refractivity contribution in [1.82, 2.24) is 0 Å². The van der Waals surface area contributed by atoms with Gasteiger partial charge >= 0.3 is 0 Å². The number of anilines is 1. The minimum absolute atomic E-state index is 0.247. The topological polar surface area (TPSA) is 45.0 Å². The molecule has 0 heterocycles. The Bertz CT molecular complexity index is 438. The van der Waals surface area contributed by atoms with Gasteiger partial charge in [-0.05, 0) is 44.9 Å². The van der Waals surface area contributed by atoms with Gasteiger partial charge in [0.1, 0.15) is 5.75 Å². The molecule has 0 aliphatic rings. The molecule has 0 aromatic heterocycles. The summed E-state index contributed by atoms with van der Waals surface area (Å²) in [4.78, 5) is 0. The Hall–Kier alpha value is -1.21. The number of nitrogens with zero attached hydrogens (tertiary/aromatic N) is 1. The van der Waals surface area contributed by atoms with Gasteiger partial charge in [-0.3, -0.25) is 0 Å². The van der Waals surface area contributed by atoms with Crippen LogP contribution in [0.3, 0.4) is 0 Å². The summed E-state index contributed by atoms with van der Waals surface area (Å²) in [6.07, 6.45) is 1.84. The first-order chi connectivity index (χ1) is 8.48. The molecule has 18 heavy (non-hydrogen) atoms. The Morgan fingerprint density at radius 1 is 1.44 bits per heavy atom. The fourth-order valence-electron chi connectivity index (χ4n) is 1.63. The second-order valence-corrected chi connectivity index (χ2v) is 5.79. The highest BCUT2D eigenvalue weighted by molar-refractivity contribution is 9.10. The van der Waals surface area contributed by atoms with Gasteiger partial charge in [0.25, 0.3) is 0 Å². The van der Waals surface area contributed by atoms with Crippen molar-refractivity contribution in [3.8, 4) is 11.8 Å². The molecule has 0 bridgehead atoms. The normalized spacial score (nSPS) is 10.8. The van der Waals surface area contributed by atoms with Gasteiger partial charge in [-0.2, -0.15) is 5.26 Å². The monoisotopic (exact) mass is 310 g/mol. The van der Waals surface area contributed by atoms with Crippen LogP contribution in [-0.4, -0.2) is 13.7 Å². The van der Waals surface area contributed by atoms with Crippen molar-refractivity contribution in [2.24, 2.45) is 5.41 Å². The standard InChI is InChI=1S/C14H19BrN2O/c1-14(2,10-16)7-4-8-17-12-9-11(15)5-6-13(12)18-3/h5-6,9,17H,4,7-8H2,1-3H3. The summed E-state index contributed by atoms with van der Waals surface area (Å²) in [5.41, 5.74) is 0.727. The zero-order valence-electron chi connectivity index (χ0n) is 11.1. The molecule has 0 spiro atoms. The highest BCUT2D eigenvalue weighted by Crippen LogP contribution is 2.28. The van der Waals surface area contributed by atoms with Gasteiger partial charge < -0.3 is 10.1 Å². The van der Waals surface area contributed by atoms with E-state index < -0.39 is 0 Å². The molecule has 1 aromatic rings. The summed E-state index contributed by atoms with van der Waals surface area (Å²) in [5.74, 6) is 0.831. The number of methoxy groups -OCH3 is 1. The first-order valence-electron chi connectivity index (χ1n) is 5.97. The van der Waals surface area contributed by atoms with Crippen LogP contribution in [0.5, 0.6) is 5.75 Å². The molecule has 0 saturated carbocycles. The van der Waals surface area contributed by atoms with Crippen LogP contribution >= 0.6 is 15.9 Å². The molecular weight excluding hydrogens is 292 g/mol. The van der Waals surface area contributed by atoms with Crippen LogP contribution in [0.2, 0.25) is 0 Å². The fraction of sp³-hybridized carbons (Fsp3) is 0.500. The maximum Gasteiger partial charge on any atom is 0.142 e. The number of nitrogens with one attached hydrogen (secondary N) is 1. The quantitative estimate of drug-likeness (QED) is 0.801. The van der Waals surface area contributed by atoms with Crippen LogP contribution in [0.25, 0.3) is 0 Å². The van der Waals surface area contributed by atoms with Crippen molar-refractivity contribution in [3.05, 3.63) is 22.7 Å². The van der Waals surface area contributed by atoms with Crippen molar-refractivity contribution >= 4 is 21.6 Å². The zero-order chi connectivity index (χ0) is 13.6. The molecule has 0 unspecified atom stereocenters. The molecule has 0 aliphatic heterocycles. The summed E-state index contributed by atoms with van der Waals surface area (Å²) in [6, 6.07) is 8.18. The van der Waals surface area contributed by atoms with E-state index in [0.717, 1.165) is 35.3 Å². The number of nitriles is 1. The Balaban J connectivity index is 2.49. The summed E-state index contributed by atoms with van der Waals surface area (Å²) in [6.45, 7) is 4.76. The van der Waals surface area contributed by atoms with Gasteiger partial charge in [-0.15, -0.1) is 0 Å². The van der Waals surface area contributed by atoms with Gasteiger partial charge in [0, 0.05) is 11.0 Å². The summed E-state index contributed by atoms with van der Waals surface area (Å²) < 4.78 is 6.30. The van der Waals surface area contributed by atoms with Crippen molar-refractivity contribution in [3.63, 3.8) is 0 Å². The molecule has 0 radical (unpaired) electrons. The molecule has 0 fully saturated rings. The number of ether oxygens (including phenoxy) is 1. The molecule has 98 valence electrons. The molecule has 3 nitrogen and oxygen atoms in total. The Kier molecular flexibility index (Phi) is 5.49. The lowest BCUT2D eigenvalue weighted by Gasteiger charge is -2.16. The van der Waals surface area contributed by atoms with Gasteiger partial charge in [-0.1, -0.05) is 15.9 Å². The smallest absolute Gasteiger partial charge is 0.142 e. The first-order valence-corrected chi connectivity index (χ1v) is 6.76. The second kappa shape index (κ2) is 6.65. The fourth-order valence-corrected chi connectivity index (χ4v) is 1.99. The Morgan fingerprint density at radius 2 is 2.17 bits per heavy atom. The summed E-state index contributed by atoms with van der Waals surface area (Å²) in [7, 11) is 1.66. The van der Waals surface area contributed by atoms with Crippen LogP contribution in [0, 0.1) is 16.7 Å². The average Bonchev–Trinajstić information content (AvgIpc) is 2.35. The summed E-state index contributed by atoms with van der Waals surface area (Å²) in [5, 5.41) is 12.3. The van der Waals surface area contributed by atoms with E-state index in [2.05, 4.69) is 27.3 Å². The van der Waals surface area contributed by atoms with Crippen molar-refractivity contribution in [2.45, 2.75) is 26.7 Å². The minimum Gasteiger partial charge on any atom is -0.495 e. The molecule has 0 amide bonds. The molecule has 1 rings (SSSR count). The largest absolute Gasteiger partial charge is 0.495 e. The maximum atomic E-state index is 8.93. The van der Waals surface area contributed by atoms with Crippen LogP contribution in [0.1, 0.15) is 26.7 Å². The number of benzene rings is 1. The molecule has 0 aliphatic carbocycles. The van der Waals surface area contributed by atoms with E-state index in [0.29, 0.717) is 0 Å². The van der Waals surface area contributed by atoms with E-state index >= 15 is 0 Å². The molecule has 4 heteroatoms. The number of halogens is 1. The van der Waals surface area contributed by atoms with E-state index in [1.807, 2.05) is 32.0 Å². The van der Waals surface area contributed by atoms with Crippen molar-refractivity contribution < 1.29 is 4.74 Å². The van der Waals surface area contributed by atoms with E-state index in [1.54, 1.807) is 7.11 Å². The van der Waals surface area contributed by atoms with Crippen LogP contribution < -0.4 is 10.1 Å². The van der Waals surface area contributed by atoms with E-state index in [9.17, 15) is 0 Å². The lowest BCUT2D eigenvalue weighted by atomic mass is 9.90. The lowest BCUT2D eigenvalue weighted by Crippen LogP contribution is -2.11. The molecule has 0 atom stereocenters. The predicted octanol–water partition coefficient (Wildman–Crippen LogP) is 4.20. The van der Waals surface area contributed by atoms with Crippen LogP contribution in [0.15, 0.2) is 22.7 Å². The minimum atomic E-state index is -0.247. The molecule has 0 saturated heterocycles. The summed E-state index contributed by atoms with van der Waals surface area (Å²) >= 11 is 3.44. The first kappa shape index (κ1) is 14.8. The van der Waals surface area contributed by atoms with Crippen molar-refractivity contribution in [2.75, 3.05) is 19.0 Å². The Morgan fingerprint density at radius 3 is 2.78 bits per heavy atom. The van der Waals surface area contributed by atoms with E-state index in [-0.39, 0.29) is 5.41 Å². The highest BCUT2D eigenvalue weighted by atomic mass is 79.9. The molecule has 1 aromatic carbocycles. The highest BCUT2D eigenvalue weighted by Gasteiger charge is 2.15. The van der Waals surface area contributed by atoms with Gasteiger partial charge in [0.15, 0.2) is 0 Å². The van der Waals surface area contributed by atoms with E-state index in [1.165, 1.54) is 0 Å². The SMILES string of the molecule is COc1ccc(Br)cc1NCCCC(C)(C)C#N. The third kappa shape index (κ3) is 4.58. The second-order valence-electron chi connectivity index (χ2n) is 4.87. The van der Waals surface area contributed by atoms with Gasteiger partial charge in [0.2, 0.25) is 0 Å². The Labute approximate surface area is 117 Å². The van der Waals surface area contributed by atoms with Crippen molar-refractivity contribution in [1.29, 1.82) is 5.26 Å².